The number of allylic oxidation sites excluding steroid dienone is 1. The molecule has 0 bridgehead atoms. The Morgan fingerprint density at radius 2 is 2.67 bits per heavy atom. The van der Waals surface area contributed by atoms with Crippen LogP contribution < -0.4 is 0 Å². The first kappa shape index (κ1) is 6.08. The summed E-state index contributed by atoms with van der Waals surface area (Å²) in [6.07, 6.45) is 3.51. The van der Waals surface area contributed by atoms with E-state index in [0.29, 0.717) is 12.2 Å². The van der Waals surface area contributed by atoms with Crippen LogP contribution in [0.3, 0.4) is 0 Å². The number of nitrogens with zero attached hydrogens (tertiary/aromatic N) is 1. The standard InChI is InChI=1S/C6H7NO2/c1-9-7-4-2-3-6(7)5-8/h2-3H,4H2,1H3. The number of hydrogen-bond donors (Lipinski definition) is 0. The van der Waals surface area contributed by atoms with Crippen molar-refractivity contribution >= 4 is 5.94 Å². The van der Waals surface area contributed by atoms with Crippen LogP contribution in [-0.2, 0) is 9.63 Å². The molecule has 48 valence electrons. The number of rotatable bonds is 1. The summed E-state index contributed by atoms with van der Waals surface area (Å²) in [5, 5.41) is 1.47. The predicted molar refractivity (Wildman–Crippen MR) is 32.1 cm³/mol. The maximum atomic E-state index is 10.0. The van der Waals surface area contributed by atoms with Gasteiger partial charge >= 0.3 is 0 Å². The number of hydrogen-bond acceptors (Lipinski definition) is 3. The van der Waals surface area contributed by atoms with Crippen LogP contribution in [0.15, 0.2) is 17.8 Å². The van der Waals surface area contributed by atoms with Gasteiger partial charge in [-0.05, 0) is 6.08 Å². The first-order valence-electron chi connectivity index (χ1n) is 2.62. The summed E-state index contributed by atoms with van der Waals surface area (Å²) in [7, 11) is 1.52. The van der Waals surface area contributed by atoms with Crippen molar-refractivity contribution in [2.75, 3.05) is 13.7 Å². The Balaban J connectivity index is 2.72. The fraction of sp³-hybridized carbons (Fsp3) is 0.333. The van der Waals surface area contributed by atoms with Gasteiger partial charge in [0.25, 0.3) is 0 Å². The average Bonchev–Trinajstić information content (AvgIpc) is 2.33. The summed E-state index contributed by atoms with van der Waals surface area (Å²) in [4.78, 5) is 14.8. The van der Waals surface area contributed by atoms with Gasteiger partial charge in [-0.1, -0.05) is 6.08 Å². The molecule has 3 nitrogen and oxygen atoms in total. The smallest absolute Gasteiger partial charge is 0.152 e. The van der Waals surface area contributed by atoms with E-state index in [-0.39, 0.29) is 0 Å². The predicted octanol–water partition coefficient (Wildman–Crippen LogP) is 0.135. The first-order valence-corrected chi connectivity index (χ1v) is 2.62. The summed E-state index contributed by atoms with van der Waals surface area (Å²) in [6.45, 7) is 0.640. The molecular formula is C6H7NO2. The lowest BCUT2D eigenvalue weighted by Crippen LogP contribution is -2.16. The molecule has 0 aromatic heterocycles. The van der Waals surface area contributed by atoms with Crippen molar-refractivity contribution < 1.29 is 9.63 Å². The van der Waals surface area contributed by atoms with Gasteiger partial charge in [-0.25, -0.2) is 9.86 Å². The third-order valence-corrected chi connectivity index (χ3v) is 1.14. The van der Waals surface area contributed by atoms with Crippen molar-refractivity contribution in [1.82, 2.24) is 5.06 Å². The highest BCUT2D eigenvalue weighted by atomic mass is 16.7. The van der Waals surface area contributed by atoms with E-state index in [1.807, 2.05) is 6.08 Å². The zero-order chi connectivity index (χ0) is 6.69. The maximum absolute atomic E-state index is 10.0. The molecule has 0 fully saturated rings. The fourth-order valence-electron chi connectivity index (χ4n) is 0.699. The Bertz CT molecular complexity index is 179. The summed E-state index contributed by atoms with van der Waals surface area (Å²) in [5.74, 6) is 1.75. The zero-order valence-corrected chi connectivity index (χ0v) is 5.13. The third kappa shape index (κ3) is 1.02. The van der Waals surface area contributed by atoms with Crippen molar-refractivity contribution in [3.8, 4) is 0 Å². The Kier molecular flexibility index (Phi) is 1.68. The number of carbonyl (C=O) groups excluding carboxylic acids is 1. The van der Waals surface area contributed by atoms with Crippen LogP contribution in [-0.4, -0.2) is 24.7 Å². The molecular weight excluding hydrogens is 118 g/mol. The molecule has 0 spiro atoms. The van der Waals surface area contributed by atoms with Gasteiger partial charge in [-0.3, -0.25) is 4.84 Å². The lowest BCUT2D eigenvalue weighted by atomic mass is 10.5. The topological polar surface area (TPSA) is 29.5 Å². The summed E-state index contributed by atoms with van der Waals surface area (Å²) in [6, 6.07) is 0. The minimum Gasteiger partial charge on any atom is -0.276 e. The molecule has 0 aliphatic carbocycles. The minimum absolute atomic E-state index is 0.456. The maximum Gasteiger partial charge on any atom is 0.152 e. The van der Waals surface area contributed by atoms with Crippen molar-refractivity contribution in [1.29, 1.82) is 0 Å². The molecule has 0 unspecified atom stereocenters. The second kappa shape index (κ2) is 2.49. The molecule has 1 aliphatic rings. The van der Waals surface area contributed by atoms with Crippen LogP contribution in [0.1, 0.15) is 0 Å². The van der Waals surface area contributed by atoms with E-state index in [2.05, 4.69) is 0 Å². The summed E-state index contributed by atoms with van der Waals surface area (Å²) < 4.78 is 0. The highest BCUT2D eigenvalue weighted by Gasteiger charge is 2.09. The van der Waals surface area contributed by atoms with Crippen molar-refractivity contribution in [3.05, 3.63) is 17.8 Å². The Morgan fingerprint density at radius 3 is 3.11 bits per heavy atom. The normalized spacial score (nSPS) is 16.6. The molecule has 1 rings (SSSR count). The van der Waals surface area contributed by atoms with E-state index in [0.717, 1.165) is 0 Å². The van der Waals surface area contributed by atoms with Crippen LogP contribution in [0.4, 0.5) is 0 Å². The molecule has 0 atom stereocenters. The van der Waals surface area contributed by atoms with Gasteiger partial charge in [0.2, 0.25) is 0 Å². The van der Waals surface area contributed by atoms with Gasteiger partial charge in [0.05, 0.1) is 13.7 Å². The molecule has 1 heterocycles. The van der Waals surface area contributed by atoms with E-state index in [1.165, 1.54) is 12.2 Å². The monoisotopic (exact) mass is 125 g/mol. The third-order valence-electron chi connectivity index (χ3n) is 1.14. The largest absolute Gasteiger partial charge is 0.276 e. The van der Waals surface area contributed by atoms with Crippen LogP contribution in [0.5, 0.6) is 0 Å². The molecule has 0 aromatic carbocycles. The SMILES string of the molecule is CON1CC=CC1=C=O. The Hall–Kier alpha value is -1.05. The van der Waals surface area contributed by atoms with Crippen molar-refractivity contribution in [3.63, 3.8) is 0 Å². The molecule has 0 saturated heterocycles. The van der Waals surface area contributed by atoms with Gasteiger partial charge in [0.1, 0.15) is 5.70 Å². The quantitative estimate of drug-likeness (QED) is 0.467. The molecule has 9 heavy (non-hydrogen) atoms. The molecule has 0 radical (unpaired) electrons. The Morgan fingerprint density at radius 1 is 1.89 bits per heavy atom. The molecule has 3 heteroatoms. The van der Waals surface area contributed by atoms with Crippen LogP contribution >= 0.6 is 0 Å². The van der Waals surface area contributed by atoms with Gasteiger partial charge in [0.15, 0.2) is 5.94 Å². The lowest BCUT2D eigenvalue weighted by molar-refractivity contribution is -0.0811. The van der Waals surface area contributed by atoms with Crippen LogP contribution in [0, 0.1) is 0 Å². The molecule has 0 N–H and O–H groups in total. The first-order chi connectivity index (χ1) is 4.38. The van der Waals surface area contributed by atoms with Gasteiger partial charge < -0.3 is 0 Å². The lowest BCUT2D eigenvalue weighted by Gasteiger charge is -2.12. The highest BCUT2D eigenvalue weighted by molar-refractivity contribution is 5.57. The molecule has 0 aromatic rings. The highest BCUT2D eigenvalue weighted by Crippen LogP contribution is 2.08. The summed E-state index contributed by atoms with van der Waals surface area (Å²) in [5.41, 5.74) is 0.456. The van der Waals surface area contributed by atoms with Gasteiger partial charge in [-0.2, -0.15) is 0 Å². The van der Waals surface area contributed by atoms with E-state index in [4.69, 9.17) is 4.84 Å². The second-order valence-corrected chi connectivity index (χ2v) is 1.63. The van der Waals surface area contributed by atoms with Crippen molar-refractivity contribution in [2.24, 2.45) is 0 Å². The second-order valence-electron chi connectivity index (χ2n) is 1.63. The average molecular weight is 125 g/mol. The van der Waals surface area contributed by atoms with Crippen LogP contribution in [0.2, 0.25) is 0 Å². The van der Waals surface area contributed by atoms with Crippen molar-refractivity contribution in [2.45, 2.75) is 0 Å². The van der Waals surface area contributed by atoms with Gasteiger partial charge in [-0.15, -0.1) is 0 Å². The molecule has 1 aliphatic heterocycles. The van der Waals surface area contributed by atoms with Crippen LogP contribution in [0.25, 0.3) is 0 Å². The minimum atomic E-state index is 0.456. The fourth-order valence-corrected chi connectivity index (χ4v) is 0.699. The molecule has 0 amide bonds. The zero-order valence-electron chi connectivity index (χ0n) is 5.13. The number of hydroxylamine groups is 2. The van der Waals surface area contributed by atoms with E-state index >= 15 is 0 Å². The molecule has 0 saturated carbocycles. The van der Waals surface area contributed by atoms with E-state index < -0.39 is 0 Å². The van der Waals surface area contributed by atoms with E-state index in [9.17, 15) is 4.79 Å². The van der Waals surface area contributed by atoms with Gasteiger partial charge in [0, 0.05) is 0 Å². The summed E-state index contributed by atoms with van der Waals surface area (Å²) >= 11 is 0. The Labute approximate surface area is 53.2 Å². The van der Waals surface area contributed by atoms with E-state index in [1.54, 1.807) is 12.0 Å².